The van der Waals surface area contributed by atoms with E-state index in [0.29, 0.717) is 0 Å². The second kappa shape index (κ2) is 19.4. The van der Waals surface area contributed by atoms with Crippen molar-refractivity contribution in [3.05, 3.63) is 234 Å². The largest absolute Gasteiger partial charge is 0.311 e. The van der Waals surface area contributed by atoms with Crippen LogP contribution in [0.3, 0.4) is 0 Å². The molecule has 0 saturated heterocycles. The summed E-state index contributed by atoms with van der Waals surface area (Å²) in [7, 11) is 0. The number of benzene rings is 11. The van der Waals surface area contributed by atoms with E-state index in [1.807, 2.05) is 11.3 Å². The molecule has 1 aromatic heterocycles. The van der Waals surface area contributed by atoms with Gasteiger partial charge < -0.3 is 9.80 Å². The molecule has 0 saturated carbocycles. The first-order valence-corrected chi connectivity index (χ1v) is 31.2. The van der Waals surface area contributed by atoms with Crippen LogP contribution in [0.5, 0.6) is 0 Å². The van der Waals surface area contributed by atoms with Crippen molar-refractivity contribution >= 4 is 110 Å². The zero-order chi connectivity index (χ0) is 58.4. The first-order valence-electron chi connectivity index (χ1n) is 30.4. The Morgan fingerprint density at radius 1 is 0.345 bits per heavy atom. The van der Waals surface area contributed by atoms with E-state index >= 15 is 0 Å². The van der Waals surface area contributed by atoms with Crippen molar-refractivity contribution in [2.45, 2.75) is 118 Å². The van der Waals surface area contributed by atoms with Gasteiger partial charge in [0.2, 0.25) is 0 Å². The minimum Gasteiger partial charge on any atom is -0.311 e. The van der Waals surface area contributed by atoms with Crippen molar-refractivity contribution in [1.82, 2.24) is 0 Å². The number of aryl methyl sites for hydroxylation is 1. The van der Waals surface area contributed by atoms with E-state index in [1.54, 1.807) is 0 Å². The molecule has 12 aromatic rings. The van der Waals surface area contributed by atoms with Crippen molar-refractivity contribution in [3.63, 3.8) is 0 Å². The first kappa shape index (κ1) is 53.8. The summed E-state index contributed by atoms with van der Waals surface area (Å²) in [6, 6.07) is 80.3. The van der Waals surface area contributed by atoms with E-state index in [1.165, 1.54) is 153 Å². The Bertz CT molecular complexity index is 4520. The van der Waals surface area contributed by atoms with Gasteiger partial charge in [-0.15, -0.1) is 11.3 Å². The van der Waals surface area contributed by atoms with Crippen LogP contribution < -0.4 is 25.5 Å². The molecule has 0 aliphatic carbocycles. The molecule has 0 spiro atoms. The second-order valence-electron chi connectivity index (χ2n) is 28.0. The lowest BCUT2D eigenvalue weighted by Gasteiger charge is -2.44. The van der Waals surface area contributed by atoms with Gasteiger partial charge in [-0.2, -0.15) is 0 Å². The van der Waals surface area contributed by atoms with Gasteiger partial charge in [0.25, 0.3) is 6.71 Å². The highest BCUT2D eigenvalue weighted by Gasteiger charge is 2.46. The SMILES string of the molecule is CCc1ccc2c(c1)B1c3sc4ccc(C(C)(C)C)cc4c3N(c3c(-c4ccc(C(C)(C)C)cc4)cccc3-c3ccc(C(C)(C)C)cc3)c3cccc(c31)N2c1ccc(C(C)(C)C)cc1-c1ccc2c3ccccc3c3ccccc3c2c1. The van der Waals surface area contributed by atoms with Crippen LogP contribution in [-0.2, 0) is 28.1 Å². The molecule has 3 heterocycles. The summed E-state index contributed by atoms with van der Waals surface area (Å²) in [5.74, 6) is 0. The van der Waals surface area contributed by atoms with Gasteiger partial charge in [-0.05, 0) is 164 Å². The number of para-hydroxylation sites is 1. The van der Waals surface area contributed by atoms with Gasteiger partial charge in [0.1, 0.15) is 0 Å². The molecule has 84 heavy (non-hydrogen) atoms. The standard InChI is InChI=1S/C80H75BN2S/c1-14-49-29-42-69-67(45-49)81-73-70(82(69)68-43-39-55(79(8,9)10)47-64(68)52-34-41-63-61-23-16-15-21-59(61)60-22-17-18-24-62(60)65(63)46-52)27-20-28-71(73)83(75-66-48-56(80(11,12)13)40-44-72(66)84-76(75)81)74-57(50-30-35-53(36-31-50)77(2,3)4)25-19-26-58(74)51-32-37-54(38-33-51)78(5,6)7/h15-48H,14H2,1-13H3. The third kappa shape index (κ3) is 8.73. The summed E-state index contributed by atoms with van der Waals surface area (Å²) in [5, 5.41) is 9.00. The van der Waals surface area contributed by atoms with Crippen LogP contribution in [-0.4, -0.2) is 6.71 Å². The van der Waals surface area contributed by atoms with Crippen LogP contribution >= 0.6 is 11.3 Å². The summed E-state index contributed by atoms with van der Waals surface area (Å²) in [6.45, 7) is 30.2. The summed E-state index contributed by atoms with van der Waals surface area (Å²) in [6.07, 6.45) is 0.943. The molecule has 0 radical (unpaired) electrons. The van der Waals surface area contributed by atoms with Gasteiger partial charge in [0.05, 0.1) is 17.1 Å². The van der Waals surface area contributed by atoms with Crippen molar-refractivity contribution in [1.29, 1.82) is 0 Å². The van der Waals surface area contributed by atoms with Gasteiger partial charge >= 0.3 is 0 Å². The van der Waals surface area contributed by atoms with E-state index in [0.717, 1.165) is 6.42 Å². The van der Waals surface area contributed by atoms with E-state index in [2.05, 4.69) is 306 Å². The van der Waals surface area contributed by atoms with E-state index in [-0.39, 0.29) is 28.4 Å². The highest BCUT2D eigenvalue weighted by molar-refractivity contribution is 7.33. The maximum atomic E-state index is 2.73. The van der Waals surface area contributed by atoms with E-state index in [9.17, 15) is 0 Å². The molecule has 0 fully saturated rings. The van der Waals surface area contributed by atoms with Crippen LogP contribution in [0, 0.1) is 0 Å². The van der Waals surface area contributed by atoms with Crippen LogP contribution in [0.25, 0.3) is 75.8 Å². The highest BCUT2D eigenvalue weighted by atomic mass is 32.1. The zero-order valence-electron chi connectivity index (χ0n) is 51.2. The van der Waals surface area contributed by atoms with Gasteiger partial charge in [-0.3, -0.25) is 0 Å². The summed E-state index contributed by atoms with van der Waals surface area (Å²) in [5.41, 5.74) is 23.8. The number of nitrogens with zero attached hydrogens (tertiary/aromatic N) is 2. The molecule has 0 bridgehead atoms. The fraction of sp³-hybridized carbons (Fsp3) is 0.225. The van der Waals surface area contributed by atoms with Crippen molar-refractivity contribution < 1.29 is 0 Å². The Hall–Kier alpha value is -8.18. The second-order valence-corrected chi connectivity index (χ2v) is 29.1. The summed E-state index contributed by atoms with van der Waals surface area (Å²) >= 11 is 1.99. The fourth-order valence-corrected chi connectivity index (χ4v) is 15.0. The van der Waals surface area contributed by atoms with Crippen molar-refractivity contribution in [2.24, 2.45) is 0 Å². The number of hydrogen-bond donors (Lipinski definition) is 0. The van der Waals surface area contributed by atoms with Gasteiger partial charge in [0, 0.05) is 48.6 Å². The fourth-order valence-electron chi connectivity index (χ4n) is 13.7. The topological polar surface area (TPSA) is 6.48 Å². The zero-order valence-corrected chi connectivity index (χ0v) is 52.0. The molecule has 2 aliphatic rings. The number of hydrogen-bond acceptors (Lipinski definition) is 3. The third-order valence-corrected chi connectivity index (χ3v) is 19.7. The summed E-state index contributed by atoms with van der Waals surface area (Å²) < 4.78 is 2.69. The van der Waals surface area contributed by atoms with Crippen LogP contribution in [0.1, 0.15) is 118 Å². The Balaban J connectivity index is 1.08. The average molecular weight is 1110 g/mol. The molecule has 11 aromatic carbocycles. The predicted molar refractivity (Wildman–Crippen MR) is 369 cm³/mol. The van der Waals surface area contributed by atoms with E-state index < -0.39 is 0 Å². The molecular formula is C80H75BN2S. The van der Waals surface area contributed by atoms with Crippen LogP contribution in [0.15, 0.2) is 206 Å². The van der Waals surface area contributed by atoms with E-state index in [4.69, 9.17) is 0 Å². The molecule has 2 aliphatic heterocycles. The molecule has 2 nitrogen and oxygen atoms in total. The average Bonchev–Trinajstić information content (AvgIpc) is 1.34. The third-order valence-electron chi connectivity index (χ3n) is 18.5. The Morgan fingerprint density at radius 2 is 0.821 bits per heavy atom. The van der Waals surface area contributed by atoms with Crippen LogP contribution in [0.2, 0.25) is 0 Å². The van der Waals surface area contributed by atoms with Crippen LogP contribution in [0.4, 0.5) is 34.1 Å². The lowest BCUT2D eigenvalue weighted by atomic mass is 9.36. The predicted octanol–water partition coefficient (Wildman–Crippen LogP) is 21.2. The lowest BCUT2D eigenvalue weighted by molar-refractivity contribution is 0.590. The summed E-state index contributed by atoms with van der Waals surface area (Å²) in [4.78, 5) is 5.37. The van der Waals surface area contributed by atoms with Gasteiger partial charge in [-0.25, -0.2) is 0 Å². The number of anilines is 6. The minimum atomic E-state index is -0.0873. The molecule has 14 rings (SSSR count). The Labute approximate surface area is 502 Å². The smallest absolute Gasteiger partial charge is 0.264 e. The van der Waals surface area contributed by atoms with Gasteiger partial charge in [-0.1, -0.05) is 248 Å². The molecule has 0 unspecified atom stereocenters. The lowest BCUT2D eigenvalue weighted by Crippen LogP contribution is -2.60. The molecule has 0 N–H and O–H groups in total. The number of fused-ring (bicyclic) bond motifs is 12. The quantitative estimate of drug-likeness (QED) is 0.121. The van der Waals surface area contributed by atoms with Crippen molar-refractivity contribution in [3.8, 4) is 33.4 Å². The van der Waals surface area contributed by atoms with Crippen molar-refractivity contribution in [2.75, 3.05) is 9.80 Å². The normalized spacial score (nSPS) is 13.5. The molecule has 0 amide bonds. The molecule has 4 heteroatoms. The minimum absolute atomic E-state index is 0.0164. The molecular weight excluding hydrogens is 1030 g/mol. The number of thiophene rings is 1. The highest BCUT2D eigenvalue weighted by Crippen LogP contribution is 2.54. The number of rotatable bonds is 6. The molecule has 0 atom stereocenters. The Kier molecular flexibility index (Phi) is 12.5. The van der Waals surface area contributed by atoms with Gasteiger partial charge in [0.15, 0.2) is 0 Å². The Morgan fingerprint density at radius 3 is 1.38 bits per heavy atom. The maximum absolute atomic E-state index is 2.73. The maximum Gasteiger partial charge on any atom is 0.264 e. The molecule has 414 valence electrons. The monoisotopic (exact) mass is 1110 g/mol. The first-order chi connectivity index (χ1) is 40.2.